The second kappa shape index (κ2) is 16.6. The van der Waals surface area contributed by atoms with Crippen molar-refractivity contribution in [1.82, 2.24) is 10.2 Å². The van der Waals surface area contributed by atoms with Crippen LogP contribution in [0.4, 0.5) is 25.0 Å². The zero-order chi connectivity index (χ0) is 42.0. The molecule has 2 aromatic carbocycles. The maximum atomic E-state index is 14.7. The molecule has 4 aliphatic rings. The number of hydrogen-bond donors (Lipinski definition) is 1. The number of carbonyl (C=O) groups excluding carboxylic acids is 5. The fraction of sp³-hybridized carbons (Fsp3) is 0.564. The van der Waals surface area contributed by atoms with Crippen LogP contribution in [0, 0.1) is 11.6 Å². The summed E-state index contributed by atoms with van der Waals surface area (Å²) in [6.45, 7) is 16.8. The van der Waals surface area contributed by atoms with Crippen molar-refractivity contribution in [3.63, 3.8) is 0 Å². The van der Waals surface area contributed by atoms with E-state index in [1.165, 1.54) is 39.8 Å². The lowest BCUT2D eigenvalue weighted by molar-refractivity contribution is -0.146. The third-order valence-electron chi connectivity index (χ3n) is 9.23. The molecule has 0 aromatic heterocycles. The Morgan fingerprint density at radius 1 is 0.772 bits per heavy atom. The van der Waals surface area contributed by atoms with Gasteiger partial charge in [0.1, 0.15) is 40.4 Å². The number of esters is 2. The minimum atomic E-state index is -0.926. The van der Waals surface area contributed by atoms with E-state index in [2.05, 4.69) is 5.32 Å². The molecule has 2 aromatic rings. The molecular weight excluding hydrogens is 754 g/mol. The molecule has 0 spiro atoms. The van der Waals surface area contributed by atoms with Crippen molar-refractivity contribution in [2.24, 2.45) is 0 Å². The summed E-state index contributed by atoms with van der Waals surface area (Å²) < 4.78 is 66.7. The zero-order valence-electron chi connectivity index (χ0n) is 33.6. The lowest BCUT2D eigenvalue weighted by Gasteiger charge is -2.47. The van der Waals surface area contributed by atoms with Crippen molar-refractivity contribution in [1.29, 1.82) is 0 Å². The Hall–Kier alpha value is -5.39. The van der Waals surface area contributed by atoms with Gasteiger partial charge in [0.2, 0.25) is 0 Å². The van der Waals surface area contributed by atoms with E-state index >= 15 is 0 Å². The van der Waals surface area contributed by atoms with Gasteiger partial charge in [-0.25, -0.2) is 23.2 Å². The molecule has 2 fully saturated rings. The summed E-state index contributed by atoms with van der Waals surface area (Å²) in [5.41, 5.74) is -1.47. The summed E-state index contributed by atoms with van der Waals surface area (Å²) >= 11 is 0. The van der Waals surface area contributed by atoms with E-state index < -0.39 is 70.4 Å². The van der Waals surface area contributed by atoms with Crippen molar-refractivity contribution in [2.75, 3.05) is 62.4 Å². The summed E-state index contributed by atoms with van der Waals surface area (Å²) in [6, 6.07) is 3.26. The van der Waals surface area contributed by atoms with Gasteiger partial charge in [0.05, 0.1) is 37.7 Å². The number of nitrogens with one attached hydrogen (secondary N) is 1. The highest BCUT2D eigenvalue weighted by Crippen LogP contribution is 2.42. The van der Waals surface area contributed by atoms with E-state index in [4.69, 9.17) is 33.2 Å². The highest BCUT2D eigenvalue weighted by atomic mass is 19.1. The number of anilines is 2. The highest BCUT2D eigenvalue weighted by molar-refractivity contribution is 6.04. The van der Waals surface area contributed by atoms with Crippen LogP contribution in [0.2, 0.25) is 0 Å². The standard InChI is InChI=1S/C22H29FN2O7.C17H21FN2O5/c1-7-29-19(27)13(2)25-15-9-16(14(23)8-17(15)30-10-18(25)26)31-22(6)11-24(12-22)20(28)32-21(3,4)5;1-4-23-16(22)10(2)20-12-6-13(25-17(3)8-19-9-17)11(18)5-14(12)24-7-15(20)21/h8-9,13H,7,10-12H2,1-6H3;5-6,10,19H,4,7-9H2,1-3H3. The molecule has 3 amide bonds. The Labute approximate surface area is 329 Å². The summed E-state index contributed by atoms with van der Waals surface area (Å²) in [7, 11) is 0. The van der Waals surface area contributed by atoms with Gasteiger partial charge in [-0.1, -0.05) is 0 Å². The number of benzene rings is 2. The maximum Gasteiger partial charge on any atom is 0.410 e. The molecule has 4 heterocycles. The molecule has 1 N–H and O–H groups in total. The Balaban J connectivity index is 0.000000224. The number of nitrogens with zero attached hydrogens (tertiary/aromatic N) is 3. The smallest absolute Gasteiger partial charge is 0.410 e. The topological polar surface area (TPSA) is 172 Å². The Morgan fingerprint density at radius 3 is 1.56 bits per heavy atom. The molecule has 18 heteroatoms. The van der Waals surface area contributed by atoms with Crippen LogP contribution in [-0.2, 0) is 33.4 Å². The first-order valence-corrected chi connectivity index (χ1v) is 18.6. The van der Waals surface area contributed by atoms with Crippen LogP contribution in [0.5, 0.6) is 23.0 Å². The van der Waals surface area contributed by atoms with Crippen molar-refractivity contribution in [3.05, 3.63) is 35.9 Å². The predicted molar refractivity (Wildman–Crippen MR) is 200 cm³/mol. The van der Waals surface area contributed by atoms with E-state index in [0.29, 0.717) is 18.8 Å². The van der Waals surface area contributed by atoms with Gasteiger partial charge in [0, 0.05) is 37.4 Å². The van der Waals surface area contributed by atoms with Crippen LogP contribution in [0.1, 0.15) is 62.3 Å². The van der Waals surface area contributed by atoms with E-state index in [1.807, 2.05) is 6.92 Å². The Bertz CT molecular complexity index is 1890. The predicted octanol–water partition coefficient (Wildman–Crippen LogP) is 4.13. The number of ether oxygens (including phenoxy) is 7. The number of likely N-dealkylation sites (tertiary alicyclic amines) is 1. The van der Waals surface area contributed by atoms with Gasteiger partial charge in [0.15, 0.2) is 36.3 Å². The summed E-state index contributed by atoms with van der Waals surface area (Å²) in [5, 5.41) is 3.07. The second-order valence-corrected chi connectivity index (χ2v) is 15.5. The Morgan fingerprint density at radius 2 is 1.19 bits per heavy atom. The average molecular weight is 805 g/mol. The van der Waals surface area contributed by atoms with Gasteiger partial charge in [-0.2, -0.15) is 0 Å². The van der Waals surface area contributed by atoms with Crippen LogP contribution in [0.3, 0.4) is 0 Å². The van der Waals surface area contributed by atoms with Gasteiger partial charge in [-0.15, -0.1) is 0 Å². The van der Waals surface area contributed by atoms with E-state index in [-0.39, 0.29) is 68.2 Å². The third kappa shape index (κ3) is 9.60. The van der Waals surface area contributed by atoms with Gasteiger partial charge < -0.3 is 43.4 Å². The largest absolute Gasteiger partial charge is 0.482 e. The summed E-state index contributed by atoms with van der Waals surface area (Å²) in [6.07, 6.45) is -0.474. The molecule has 4 aliphatic heterocycles. The van der Waals surface area contributed by atoms with Crippen LogP contribution in [0.15, 0.2) is 24.3 Å². The number of hydrogen-bond acceptors (Lipinski definition) is 13. The lowest BCUT2D eigenvalue weighted by atomic mass is 9.97. The van der Waals surface area contributed by atoms with Crippen LogP contribution < -0.4 is 34.1 Å². The average Bonchev–Trinajstić information content (AvgIpc) is 3.10. The molecular formula is C39H50F2N4O12. The normalized spacial score (nSPS) is 18.7. The number of amides is 3. The van der Waals surface area contributed by atoms with Gasteiger partial charge in [-0.05, 0) is 62.3 Å². The maximum absolute atomic E-state index is 14.7. The van der Waals surface area contributed by atoms with E-state index in [1.54, 1.807) is 48.5 Å². The van der Waals surface area contributed by atoms with Crippen LogP contribution in [-0.4, -0.2) is 116 Å². The van der Waals surface area contributed by atoms with Gasteiger partial charge >= 0.3 is 18.0 Å². The fourth-order valence-corrected chi connectivity index (χ4v) is 6.45. The third-order valence-corrected chi connectivity index (χ3v) is 9.23. The lowest BCUT2D eigenvalue weighted by Crippen LogP contribution is -2.65. The molecule has 57 heavy (non-hydrogen) atoms. The van der Waals surface area contributed by atoms with Crippen molar-refractivity contribution in [3.8, 4) is 23.0 Å². The number of fused-ring (bicyclic) bond motifs is 2. The monoisotopic (exact) mass is 804 g/mol. The molecule has 2 atom stereocenters. The van der Waals surface area contributed by atoms with E-state index in [9.17, 15) is 32.8 Å². The minimum Gasteiger partial charge on any atom is -0.482 e. The summed E-state index contributed by atoms with van der Waals surface area (Å²) in [5.74, 6) is -3.02. The SMILES string of the molecule is CCOC(=O)C(C)N1C(=O)COc2cc(F)c(OC3(C)CN(C(=O)OC(C)(C)C)C3)cc21.CCOC(=O)C(C)N1C(=O)COc2cc(F)c(OC3(C)CNC3)cc21. The quantitative estimate of drug-likeness (QED) is 0.269. The first-order chi connectivity index (χ1) is 26.7. The number of halogens is 2. The Kier molecular flexibility index (Phi) is 12.5. The zero-order valence-corrected chi connectivity index (χ0v) is 33.6. The molecule has 6 rings (SSSR count). The molecule has 0 aliphatic carbocycles. The first-order valence-electron chi connectivity index (χ1n) is 18.6. The highest BCUT2D eigenvalue weighted by Gasteiger charge is 2.46. The van der Waals surface area contributed by atoms with Crippen LogP contribution in [0.25, 0.3) is 0 Å². The van der Waals surface area contributed by atoms with Crippen molar-refractivity contribution < 1.29 is 65.9 Å². The minimum absolute atomic E-state index is 0.0158. The fourth-order valence-electron chi connectivity index (χ4n) is 6.45. The molecule has 16 nitrogen and oxygen atoms in total. The molecule has 0 radical (unpaired) electrons. The number of rotatable bonds is 10. The van der Waals surface area contributed by atoms with Gasteiger partial charge in [0.25, 0.3) is 11.8 Å². The van der Waals surface area contributed by atoms with Crippen molar-refractivity contribution in [2.45, 2.75) is 91.2 Å². The summed E-state index contributed by atoms with van der Waals surface area (Å²) in [4.78, 5) is 65.2. The molecule has 0 bridgehead atoms. The molecule has 2 unspecified atom stereocenters. The molecule has 312 valence electrons. The number of carbonyl (C=O) groups is 5. The molecule has 0 saturated carbocycles. The second-order valence-electron chi connectivity index (χ2n) is 15.5. The first kappa shape index (κ1) is 42.7. The molecule has 2 saturated heterocycles. The van der Waals surface area contributed by atoms with Gasteiger partial charge in [-0.3, -0.25) is 19.4 Å². The van der Waals surface area contributed by atoms with E-state index in [0.717, 1.165) is 6.07 Å². The van der Waals surface area contributed by atoms with Crippen LogP contribution >= 0.6 is 0 Å². The van der Waals surface area contributed by atoms with Crippen molar-refractivity contribution >= 4 is 41.2 Å².